The van der Waals surface area contributed by atoms with Gasteiger partial charge in [-0.3, -0.25) is 0 Å². The normalized spacial score (nSPS) is 12.7. The number of rotatable bonds is 3. The van der Waals surface area contributed by atoms with E-state index in [1.165, 1.54) is 18.2 Å². The first kappa shape index (κ1) is 14.2. The smallest absolute Gasteiger partial charge is 0.129 e. The molecule has 18 heavy (non-hydrogen) atoms. The molecule has 96 valence electrons. The summed E-state index contributed by atoms with van der Waals surface area (Å²) in [6.07, 6.45) is 0.297. The summed E-state index contributed by atoms with van der Waals surface area (Å²) in [7, 11) is 0. The van der Waals surface area contributed by atoms with Gasteiger partial charge in [0.15, 0.2) is 0 Å². The van der Waals surface area contributed by atoms with Crippen LogP contribution in [-0.2, 0) is 6.42 Å². The average Bonchev–Trinajstić information content (AvgIpc) is 2.64. The van der Waals surface area contributed by atoms with E-state index in [2.05, 4.69) is 31.9 Å². The quantitative estimate of drug-likeness (QED) is 0.578. The molecule has 0 aliphatic carbocycles. The van der Waals surface area contributed by atoms with Crippen LogP contribution in [0.4, 0.5) is 8.78 Å². The minimum absolute atomic E-state index is 0.0844. The van der Waals surface area contributed by atoms with Crippen LogP contribution in [0, 0.1) is 18.6 Å². The standard InChI is InChI=1S/C13H10Br2F2S/c1-7-9(14)6-13(18-7)10(15)5-8-11(16)3-2-4-12(8)17/h2-4,6,10H,5H2,1H3. The van der Waals surface area contributed by atoms with Gasteiger partial charge < -0.3 is 0 Å². The average molecular weight is 396 g/mol. The molecule has 1 aromatic carbocycles. The van der Waals surface area contributed by atoms with Crippen molar-refractivity contribution in [3.63, 3.8) is 0 Å². The van der Waals surface area contributed by atoms with Gasteiger partial charge in [-0.15, -0.1) is 11.3 Å². The molecular weight excluding hydrogens is 386 g/mol. The maximum atomic E-state index is 13.5. The van der Waals surface area contributed by atoms with Gasteiger partial charge in [0, 0.05) is 19.8 Å². The second kappa shape index (κ2) is 5.80. The van der Waals surface area contributed by atoms with Crippen LogP contribution < -0.4 is 0 Å². The van der Waals surface area contributed by atoms with E-state index in [0.717, 1.165) is 14.2 Å². The molecule has 0 N–H and O–H groups in total. The highest BCUT2D eigenvalue weighted by Gasteiger charge is 2.17. The lowest BCUT2D eigenvalue weighted by atomic mass is 10.1. The highest BCUT2D eigenvalue weighted by molar-refractivity contribution is 9.10. The third-order valence-corrected chi connectivity index (χ3v) is 6.00. The van der Waals surface area contributed by atoms with E-state index in [4.69, 9.17) is 0 Å². The lowest BCUT2D eigenvalue weighted by Gasteiger charge is -2.09. The molecule has 1 aromatic heterocycles. The molecule has 1 heterocycles. The van der Waals surface area contributed by atoms with Crippen molar-refractivity contribution in [2.24, 2.45) is 0 Å². The first-order valence-corrected chi connectivity index (χ1v) is 7.84. The molecule has 0 aliphatic rings. The Balaban J connectivity index is 2.23. The summed E-state index contributed by atoms with van der Waals surface area (Å²) in [5.74, 6) is -0.987. The molecule has 0 bridgehead atoms. The fourth-order valence-corrected chi connectivity index (χ4v) is 3.92. The molecule has 1 atom stereocenters. The van der Waals surface area contributed by atoms with Crippen LogP contribution in [0.25, 0.3) is 0 Å². The molecule has 0 aliphatic heterocycles. The number of halogens is 4. The van der Waals surface area contributed by atoms with Crippen LogP contribution >= 0.6 is 43.2 Å². The molecule has 2 aromatic rings. The van der Waals surface area contributed by atoms with Crippen molar-refractivity contribution in [2.75, 3.05) is 0 Å². The predicted molar refractivity (Wildman–Crippen MR) is 78.5 cm³/mol. The van der Waals surface area contributed by atoms with Crippen LogP contribution in [0.2, 0.25) is 0 Å². The summed E-state index contributed by atoms with van der Waals surface area (Å²) in [5.41, 5.74) is 0.126. The van der Waals surface area contributed by atoms with Crippen LogP contribution in [-0.4, -0.2) is 0 Å². The van der Waals surface area contributed by atoms with Gasteiger partial charge in [-0.25, -0.2) is 8.78 Å². The van der Waals surface area contributed by atoms with Gasteiger partial charge in [-0.05, 0) is 47.5 Å². The molecule has 0 saturated carbocycles. The molecule has 2 rings (SSSR count). The van der Waals surface area contributed by atoms with E-state index in [9.17, 15) is 8.78 Å². The monoisotopic (exact) mass is 394 g/mol. The van der Waals surface area contributed by atoms with Crippen LogP contribution in [0.15, 0.2) is 28.7 Å². The van der Waals surface area contributed by atoms with E-state index in [-0.39, 0.29) is 10.4 Å². The van der Waals surface area contributed by atoms with Crippen LogP contribution in [0.3, 0.4) is 0 Å². The fourth-order valence-electron chi connectivity index (χ4n) is 1.64. The maximum absolute atomic E-state index is 13.5. The molecule has 0 radical (unpaired) electrons. The Kier molecular flexibility index (Phi) is 4.56. The second-order valence-electron chi connectivity index (χ2n) is 3.92. The van der Waals surface area contributed by atoms with Crippen molar-refractivity contribution in [1.82, 2.24) is 0 Å². The molecular formula is C13H10Br2F2S. The number of hydrogen-bond donors (Lipinski definition) is 0. The highest BCUT2D eigenvalue weighted by atomic mass is 79.9. The minimum Gasteiger partial charge on any atom is -0.207 e. The summed E-state index contributed by atoms with van der Waals surface area (Å²) in [6.45, 7) is 2.00. The molecule has 0 spiro atoms. The molecule has 0 nitrogen and oxygen atoms in total. The minimum atomic E-state index is -0.494. The number of thiophene rings is 1. The van der Waals surface area contributed by atoms with Crippen molar-refractivity contribution in [3.05, 3.63) is 55.7 Å². The molecule has 5 heteroatoms. The van der Waals surface area contributed by atoms with Gasteiger partial charge in [0.1, 0.15) is 11.6 Å². The third kappa shape index (κ3) is 3.00. The summed E-state index contributed by atoms with van der Waals surface area (Å²) in [4.78, 5) is 2.13. The maximum Gasteiger partial charge on any atom is 0.129 e. The predicted octanol–water partition coefficient (Wildman–Crippen LogP) is 5.78. The van der Waals surface area contributed by atoms with Crippen molar-refractivity contribution in [1.29, 1.82) is 0 Å². The number of hydrogen-bond acceptors (Lipinski definition) is 1. The lowest BCUT2D eigenvalue weighted by molar-refractivity contribution is 0.554. The SMILES string of the molecule is Cc1sc(C(Br)Cc2c(F)cccc2F)cc1Br. The van der Waals surface area contributed by atoms with Gasteiger partial charge in [-0.1, -0.05) is 22.0 Å². The molecule has 0 saturated heterocycles. The Bertz CT molecular complexity index is 526. The highest BCUT2D eigenvalue weighted by Crippen LogP contribution is 2.37. The van der Waals surface area contributed by atoms with E-state index in [0.29, 0.717) is 6.42 Å². The zero-order valence-electron chi connectivity index (χ0n) is 9.51. The van der Waals surface area contributed by atoms with E-state index in [1.54, 1.807) is 11.3 Å². The summed E-state index contributed by atoms with van der Waals surface area (Å²) < 4.78 is 28.1. The Morgan fingerprint density at radius 2 is 1.89 bits per heavy atom. The van der Waals surface area contributed by atoms with Crippen molar-refractivity contribution in [3.8, 4) is 0 Å². The van der Waals surface area contributed by atoms with E-state index >= 15 is 0 Å². The number of alkyl halides is 1. The van der Waals surface area contributed by atoms with Crippen LogP contribution in [0.5, 0.6) is 0 Å². The van der Waals surface area contributed by atoms with Crippen molar-refractivity contribution < 1.29 is 8.78 Å². The van der Waals surface area contributed by atoms with E-state index in [1.807, 2.05) is 13.0 Å². The lowest BCUT2D eigenvalue weighted by Crippen LogP contribution is -1.99. The van der Waals surface area contributed by atoms with Gasteiger partial charge >= 0.3 is 0 Å². The second-order valence-corrected chi connectivity index (χ2v) is 7.17. The number of benzene rings is 1. The van der Waals surface area contributed by atoms with E-state index < -0.39 is 11.6 Å². The third-order valence-electron chi connectivity index (χ3n) is 2.63. The molecule has 1 unspecified atom stereocenters. The summed E-state index contributed by atoms with van der Waals surface area (Å²) >= 11 is 8.55. The first-order valence-electron chi connectivity index (χ1n) is 5.32. The summed E-state index contributed by atoms with van der Waals surface area (Å²) in [5, 5.41) is 0. The summed E-state index contributed by atoms with van der Waals surface area (Å²) in [6, 6.07) is 5.93. The van der Waals surface area contributed by atoms with Crippen LogP contribution in [0.1, 0.15) is 20.1 Å². The first-order chi connectivity index (χ1) is 8.49. The van der Waals surface area contributed by atoms with Gasteiger partial charge in [0.05, 0.1) is 4.83 Å². The number of aryl methyl sites for hydroxylation is 1. The largest absolute Gasteiger partial charge is 0.207 e. The molecule has 0 fully saturated rings. The van der Waals surface area contributed by atoms with Gasteiger partial charge in [-0.2, -0.15) is 0 Å². The Hall–Kier alpha value is -0.260. The van der Waals surface area contributed by atoms with Gasteiger partial charge in [0.2, 0.25) is 0 Å². The Morgan fingerprint density at radius 3 is 2.39 bits per heavy atom. The topological polar surface area (TPSA) is 0 Å². The molecule has 0 amide bonds. The Morgan fingerprint density at radius 1 is 1.28 bits per heavy atom. The fraction of sp³-hybridized carbons (Fsp3) is 0.231. The zero-order chi connectivity index (χ0) is 13.3. The van der Waals surface area contributed by atoms with Gasteiger partial charge in [0.25, 0.3) is 0 Å². The Labute approximate surface area is 125 Å². The zero-order valence-corrected chi connectivity index (χ0v) is 13.5. The van der Waals surface area contributed by atoms with Crippen molar-refractivity contribution in [2.45, 2.75) is 18.2 Å². The van der Waals surface area contributed by atoms with Crippen molar-refractivity contribution >= 4 is 43.2 Å².